The molecule has 1 nitrogen and oxygen atoms in total. The summed E-state index contributed by atoms with van der Waals surface area (Å²) in [5.74, 6) is 0. The molecule has 1 aromatic rings. The number of nitrogens with one attached hydrogen (secondary N) is 1. The van der Waals surface area contributed by atoms with Crippen molar-refractivity contribution in [3.05, 3.63) is 29.3 Å². The lowest BCUT2D eigenvalue weighted by Crippen LogP contribution is -1.90. The molecule has 1 aromatic carbocycles. The molecule has 0 atom stereocenters. The van der Waals surface area contributed by atoms with Crippen LogP contribution in [0.15, 0.2) is 18.2 Å². The first-order valence-corrected chi connectivity index (χ1v) is 3.49. The minimum absolute atomic E-state index is 1.21. The second-order valence-electron chi connectivity index (χ2n) is 2.57. The van der Waals surface area contributed by atoms with Gasteiger partial charge in [-0.3, -0.25) is 0 Å². The summed E-state index contributed by atoms with van der Waals surface area (Å²) in [5, 5.41) is 3.12. The first-order valence-electron chi connectivity index (χ1n) is 3.49. The number of hydrogen-bond acceptors (Lipinski definition) is 1. The summed E-state index contributed by atoms with van der Waals surface area (Å²) in [6.07, 6.45) is 0. The van der Waals surface area contributed by atoms with Crippen LogP contribution in [0.4, 0.5) is 5.69 Å². The average Bonchev–Trinajstić information content (AvgIpc) is 1.88. The maximum absolute atomic E-state index is 3.12. The number of aryl methyl sites for hydroxylation is 2. The molecule has 0 saturated heterocycles. The van der Waals surface area contributed by atoms with Gasteiger partial charge in [0, 0.05) is 12.7 Å². The fourth-order valence-corrected chi connectivity index (χ4v) is 1.09. The minimum Gasteiger partial charge on any atom is -0.388 e. The maximum atomic E-state index is 3.12. The Bertz CT molecular complexity index is 228. The van der Waals surface area contributed by atoms with Crippen molar-refractivity contribution in [3.8, 4) is 0 Å². The van der Waals surface area contributed by atoms with Gasteiger partial charge in [-0.15, -0.1) is 0 Å². The normalized spacial score (nSPS) is 9.50. The van der Waals surface area contributed by atoms with Crippen LogP contribution in [0, 0.1) is 13.8 Å². The molecular formula is C9H13N. The highest BCUT2D eigenvalue weighted by Crippen LogP contribution is 2.14. The van der Waals surface area contributed by atoms with Crippen LogP contribution in [-0.2, 0) is 0 Å². The summed E-state index contributed by atoms with van der Waals surface area (Å²) in [4.78, 5) is 0. The van der Waals surface area contributed by atoms with E-state index in [-0.39, 0.29) is 0 Å². The Morgan fingerprint density at radius 3 is 2.40 bits per heavy atom. The molecule has 0 heterocycles. The van der Waals surface area contributed by atoms with Crippen molar-refractivity contribution >= 4 is 5.69 Å². The zero-order valence-electron chi connectivity index (χ0n) is 6.73. The van der Waals surface area contributed by atoms with Crippen LogP contribution in [0.1, 0.15) is 11.1 Å². The SMILES string of the molecule is CNc1ccc(C)cc1C. The van der Waals surface area contributed by atoms with E-state index in [1.54, 1.807) is 0 Å². The molecule has 0 amide bonds. The molecule has 1 heteroatoms. The molecule has 0 radical (unpaired) electrons. The number of hydrogen-bond donors (Lipinski definition) is 1. The van der Waals surface area contributed by atoms with Crippen molar-refractivity contribution < 1.29 is 0 Å². The van der Waals surface area contributed by atoms with Gasteiger partial charge in [0.25, 0.3) is 0 Å². The van der Waals surface area contributed by atoms with Crippen LogP contribution in [0.25, 0.3) is 0 Å². The van der Waals surface area contributed by atoms with Gasteiger partial charge in [-0.2, -0.15) is 0 Å². The van der Waals surface area contributed by atoms with Crippen LogP contribution < -0.4 is 5.32 Å². The predicted octanol–water partition coefficient (Wildman–Crippen LogP) is 2.35. The summed E-state index contributed by atoms with van der Waals surface area (Å²) >= 11 is 0. The lowest BCUT2D eigenvalue weighted by atomic mass is 10.1. The van der Waals surface area contributed by atoms with Crippen molar-refractivity contribution in [1.82, 2.24) is 0 Å². The average molecular weight is 135 g/mol. The first-order chi connectivity index (χ1) is 4.74. The maximum Gasteiger partial charge on any atom is 0.0367 e. The highest BCUT2D eigenvalue weighted by molar-refractivity contribution is 5.51. The Hall–Kier alpha value is -0.980. The molecule has 54 valence electrons. The zero-order valence-corrected chi connectivity index (χ0v) is 6.73. The van der Waals surface area contributed by atoms with Crippen LogP contribution in [-0.4, -0.2) is 7.05 Å². The summed E-state index contributed by atoms with van der Waals surface area (Å²) < 4.78 is 0. The van der Waals surface area contributed by atoms with Gasteiger partial charge in [-0.1, -0.05) is 17.7 Å². The molecule has 0 bridgehead atoms. The molecule has 1 rings (SSSR count). The fraction of sp³-hybridized carbons (Fsp3) is 0.333. The second-order valence-corrected chi connectivity index (χ2v) is 2.57. The smallest absolute Gasteiger partial charge is 0.0367 e. The molecule has 0 spiro atoms. The van der Waals surface area contributed by atoms with Crippen LogP contribution in [0.2, 0.25) is 0 Å². The second kappa shape index (κ2) is 2.74. The van der Waals surface area contributed by atoms with Gasteiger partial charge in [-0.05, 0) is 25.5 Å². The van der Waals surface area contributed by atoms with Gasteiger partial charge >= 0.3 is 0 Å². The van der Waals surface area contributed by atoms with Gasteiger partial charge in [0.2, 0.25) is 0 Å². The van der Waals surface area contributed by atoms with E-state index in [0.29, 0.717) is 0 Å². The van der Waals surface area contributed by atoms with Gasteiger partial charge < -0.3 is 5.32 Å². The monoisotopic (exact) mass is 135 g/mol. The third-order valence-electron chi connectivity index (χ3n) is 1.65. The Morgan fingerprint density at radius 2 is 1.90 bits per heavy atom. The fourth-order valence-electron chi connectivity index (χ4n) is 1.09. The summed E-state index contributed by atoms with van der Waals surface area (Å²) in [7, 11) is 1.94. The van der Waals surface area contributed by atoms with Crippen molar-refractivity contribution in [1.29, 1.82) is 0 Å². The van der Waals surface area contributed by atoms with Gasteiger partial charge in [-0.25, -0.2) is 0 Å². The molecule has 0 aromatic heterocycles. The molecule has 0 saturated carbocycles. The summed E-state index contributed by atoms with van der Waals surface area (Å²) in [5.41, 5.74) is 3.84. The molecule has 0 unspecified atom stereocenters. The van der Waals surface area contributed by atoms with Crippen LogP contribution >= 0.6 is 0 Å². The predicted molar refractivity (Wildman–Crippen MR) is 45.5 cm³/mol. The minimum atomic E-state index is 1.21. The van der Waals surface area contributed by atoms with Gasteiger partial charge in [0.1, 0.15) is 0 Å². The van der Waals surface area contributed by atoms with E-state index < -0.39 is 0 Å². The third-order valence-corrected chi connectivity index (χ3v) is 1.65. The Balaban J connectivity index is 3.07. The number of rotatable bonds is 1. The highest BCUT2D eigenvalue weighted by atomic mass is 14.8. The molecule has 1 N–H and O–H groups in total. The lowest BCUT2D eigenvalue weighted by Gasteiger charge is -2.04. The van der Waals surface area contributed by atoms with E-state index in [0.717, 1.165) is 0 Å². The molecule has 0 aliphatic rings. The number of anilines is 1. The lowest BCUT2D eigenvalue weighted by molar-refractivity contribution is 1.35. The first kappa shape index (κ1) is 7.13. The molecule has 0 fully saturated rings. The van der Waals surface area contributed by atoms with Crippen molar-refractivity contribution in [2.75, 3.05) is 12.4 Å². The summed E-state index contributed by atoms with van der Waals surface area (Å²) in [6, 6.07) is 6.38. The van der Waals surface area contributed by atoms with Crippen molar-refractivity contribution in [2.45, 2.75) is 13.8 Å². The van der Waals surface area contributed by atoms with Crippen LogP contribution in [0.3, 0.4) is 0 Å². The van der Waals surface area contributed by atoms with Crippen molar-refractivity contribution in [3.63, 3.8) is 0 Å². The van der Waals surface area contributed by atoms with E-state index in [1.807, 2.05) is 7.05 Å². The standard InChI is InChI=1S/C9H13N/c1-7-4-5-9(10-3)8(2)6-7/h4-6,10H,1-3H3. The zero-order chi connectivity index (χ0) is 7.56. The quantitative estimate of drug-likeness (QED) is 0.623. The van der Waals surface area contributed by atoms with E-state index >= 15 is 0 Å². The third kappa shape index (κ3) is 1.29. The molecule has 10 heavy (non-hydrogen) atoms. The van der Waals surface area contributed by atoms with E-state index in [2.05, 4.69) is 37.4 Å². The topological polar surface area (TPSA) is 12.0 Å². The molecule has 0 aliphatic carbocycles. The number of benzene rings is 1. The summed E-state index contributed by atoms with van der Waals surface area (Å²) in [6.45, 7) is 4.21. The van der Waals surface area contributed by atoms with Crippen molar-refractivity contribution in [2.24, 2.45) is 0 Å². The molecule has 0 aliphatic heterocycles. The van der Waals surface area contributed by atoms with E-state index in [9.17, 15) is 0 Å². The van der Waals surface area contributed by atoms with Gasteiger partial charge in [0.05, 0.1) is 0 Å². The molecular weight excluding hydrogens is 122 g/mol. The Labute approximate surface area is 62.1 Å². The van der Waals surface area contributed by atoms with E-state index in [4.69, 9.17) is 0 Å². The van der Waals surface area contributed by atoms with Crippen LogP contribution in [0.5, 0.6) is 0 Å². The van der Waals surface area contributed by atoms with E-state index in [1.165, 1.54) is 16.8 Å². The largest absolute Gasteiger partial charge is 0.388 e. The van der Waals surface area contributed by atoms with Gasteiger partial charge in [0.15, 0.2) is 0 Å². The Kier molecular flexibility index (Phi) is 1.95. The highest BCUT2D eigenvalue weighted by Gasteiger charge is 1.92. The Morgan fingerprint density at radius 1 is 1.20 bits per heavy atom.